The molecule has 1 aromatic rings. The van der Waals surface area contributed by atoms with E-state index < -0.39 is 15.2 Å². The fraction of sp³-hybridized carbons (Fsp3) is 0.353. The minimum atomic E-state index is -0.941. The van der Waals surface area contributed by atoms with Crippen LogP contribution in [-0.4, -0.2) is 44.6 Å². The number of ketones is 1. The molecule has 0 saturated carbocycles. The van der Waals surface area contributed by atoms with Crippen LogP contribution in [0, 0.1) is 10.1 Å². The number of esters is 1. The second-order valence-corrected chi connectivity index (χ2v) is 8.59. The lowest BCUT2D eigenvalue weighted by Crippen LogP contribution is -2.47. The lowest BCUT2D eigenvalue weighted by Gasteiger charge is -2.39. The third kappa shape index (κ3) is 3.24. The first-order valence-electron chi connectivity index (χ1n) is 8.35. The smallest absolute Gasteiger partial charge is 0.346 e. The number of Topliss-reactive ketones (excluding diaryl/α,β-unsaturated/α-hetero) is 1. The maximum atomic E-state index is 12.4. The molecule has 2 aliphatic rings. The highest BCUT2D eigenvalue weighted by Crippen LogP contribution is 2.58. The largest absolute Gasteiger partial charge is 0.462 e. The molecule has 0 fully saturated rings. The first-order chi connectivity index (χ1) is 13.2. The van der Waals surface area contributed by atoms with Gasteiger partial charge in [-0.3, -0.25) is 14.9 Å². The van der Waals surface area contributed by atoms with Crippen molar-refractivity contribution >= 4 is 51.7 Å². The number of carbonyl (C=O) groups excluding carboxylic acids is 2. The highest BCUT2D eigenvalue weighted by atomic mass is 32.2. The van der Waals surface area contributed by atoms with Gasteiger partial charge in [0.25, 0.3) is 5.69 Å². The van der Waals surface area contributed by atoms with Gasteiger partial charge in [-0.2, -0.15) is 5.10 Å². The van der Waals surface area contributed by atoms with E-state index in [-0.39, 0.29) is 23.1 Å². The number of hydrogen-bond acceptors (Lipinski definition) is 10. The van der Waals surface area contributed by atoms with Crippen LogP contribution in [0.2, 0.25) is 0 Å². The van der Waals surface area contributed by atoms with Crippen LogP contribution in [0.4, 0.5) is 11.4 Å². The molecule has 0 saturated heterocycles. The highest BCUT2D eigenvalue weighted by molar-refractivity contribution is 8.28. The quantitative estimate of drug-likeness (QED) is 0.402. The third-order valence-electron chi connectivity index (χ3n) is 4.25. The molecular weight excluding hydrogens is 404 g/mol. The van der Waals surface area contributed by atoms with Crippen molar-refractivity contribution in [1.82, 2.24) is 4.90 Å². The highest BCUT2D eigenvalue weighted by Gasteiger charge is 2.56. The Morgan fingerprint density at radius 3 is 2.46 bits per heavy atom. The predicted molar refractivity (Wildman–Crippen MR) is 109 cm³/mol. The maximum absolute atomic E-state index is 12.4. The van der Waals surface area contributed by atoms with Crippen molar-refractivity contribution in [3.05, 3.63) is 45.0 Å². The van der Waals surface area contributed by atoms with Crippen molar-refractivity contribution in [1.29, 1.82) is 0 Å². The normalized spacial score (nSPS) is 21.4. The molecule has 11 heteroatoms. The fourth-order valence-corrected chi connectivity index (χ4v) is 5.60. The van der Waals surface area contributed by atoms with Crippen LogP contribution in [0.25, 0.3) is 0 Å². The molecule has 0 unspecified atom stereocenters. The molecule has 1 atom stereocenters. The molecule has 148 valence electrons. The van der Waals surface area contributed by atoms with E-state index in [0.29, 0.717) is 16.3 Å². The van der Waals surface area contributed by atoms with Gasteiger partial charge in [0.2, 0.25) is 4.33 Å². The van der Waals surface area contributed by atoms with Gasteiger partial charge in [0.1, 0.15) is 4.91 Å². The number of nitrogens with zero attached hydrogens (tertiary/aromatic N) is 4. The molecule has 0 aromatic heterocycles. The monoisotopic (exact) mass is 422 g/mol. The number of allylic oxidation sites excluding steroid dienone is 1. The van der Waals surface area contributed by atoms with Gasteiger partial charge < -0.3 is 9.64 Å². The van der Waals surface area contributed by atoms with Crippen LogP contribution >= 0.6 is 23.5 Å². The summed E-state index contributed by atoms with van der Waals surface area (Å²) in [6.45, 7) is 5.21. The number of rotatable bonds is 5. The molecule has 28 heavy (non-hydrogen) atoms. The van der Waals surface area contributed by atoms with Gasteiger partial charge in [-0.15, -0.1) is 0 Å². The SMILES string of the molecule is CCOC(=O)C1=C(C)N(C)[C@]2(SC(C(C)=O)=NN2c2ccc([N+](=O)[O-])cc2)S1. The summed E-state index contributed by atoms with van der Waals surface area (Å²) in [7, 11) is 1.80. The number of nitro benzene ring substituents is 1. The molecule has 0 N–H and O–H groups in total. The molecule has 3 rings (SSSR count). The van der Waals surface area contributed by atoms with Crippen LogP contribution in [-0.2, 0) is 14.3 Å². The summed E-state index contributed by atoms with van der Waals surface area (Å²) in [5.41, 5.74) is 1.21. The van der Waals surface area contributed by atoms with E-state index in [1.807, 2.05) is 4.90 Å². The predicted octanol–water partition coefficient (Wildman–Crippen LogP) is 3.14. The second kappa shape index (κ2) is 7.47. The average Bonchev–Trinajstić information content (AvgIpc) is 3.16. The number of benzene rings is 1. The van der Waals surface area contributed by atoms with Gasteiger partial charge in [0.05, 0.1) is 17.2 Å². The lowest BCUT2D eigenvalue weighted by molar-refractivity contribution is -0.384. The zero-order valence-corrected chi connectivity index (χ0v) is 17.3. The minimum Gasteiger partial charge on any atom is -0.462 e. The van der Waals surface area contributed by atoms with Gasteiger partial charge in [0.15, 0.2) is 10.8 Å². The summed E-state index contributed by atoms with van der Waals surface area (Å²) in [5, 5.41) is 17.3. The van der Waals surface area contributed by atoms with Crippen LogP contribution in [0.5, 0.6) is 0 Å². The summed E-state index contributed by atoms with van der Waals surface area (Å²) in [4.78, 5) is 37.1. The van der Waals surface area contributed by atoms with Gasteiger partial charge in [0, 0.05) is 31.8 Å². The number of nitro groups is 1. The minimum absolute atomic E-state index is 0.0469. The van der Waals surface area contributed by atoms with E-state index in [9.17, 15) is 19.7 Å². The molecule has 2 heterocycles. The molecular formula is C17H18N4O5S2. The van der Waals surface area contributed by atoms with Gasteiger partial charge in [-0.05, 0) is 37.7 Å². The summed E-state index contributed by atoms with van der Waals surface area (Å²) in [5.74, 6) is -0.640. The van der Waals surface area contributed by atoms with Crippen LogP contribution < -0.4 is 5.01 Å². The standard InChI is InChI=1S/C17H18N4O5S2/c1-5-26-16(23)14-10(2)19(4)17(27-14)20(18-15(28-17)11(3)22)12-6-8-13(9-7-12)21(24)25/h6-9H,5H2,1-4H3/t17-/m1/s1. The van der Waals surface area contributed by atoms with Crippen molar-refractivity contribution in [3.8, 4) is 0 Å². The number of hydrazone groups is 1. The Bertz CT molecular complexity index is 915. The number of ether oxygens (including phenoxy) is 1. The first-order valence-corrected chi connectivity index (χ1v) is 9.98. The Labute approximate surface area is 169 Å². The summed E-state index contributed by atoms with van der Waals surface area (Å²) >= 11 is 2.46. The van der Waals surface area contributed by atoms with Crippen molar-refractivity contribution in [2.45, 2.75) is 25.1 Å². The Morgan fingerprint density at radius 1 is 1.29 bits per heavy atom. The number of non-ortho nitro benzene ring substituents is 1. The lowest BCUT2D eigenvalue weighted by atomic mass is 10.3. The molecule has 2 aliphatic heterocycles. The van der Waals surface area contributed by atoms with E-state index in [1.54, 1.807) is 38.0 Å². The molecule has 9 nitrogen and oxygen atoms in total. The van der Waals surface area contributed by atoms with Crippen molar-refractivity contribution in [3.63, 3.8) is 0 Å². The second-order valence-electron chi connectivity index (χ2n) is 5.99. The number of carbonyl (C=O) groups is 2. The van der Waals surface area contributed by atoms with Crippen LogP contribution in [0.1, 0.15) is 20.8 Å². The van der Waals surface area contributed by atoms with Crippen molar-refractivity contribution in [2.24, 2.45) is 5.10 Å². The average molecular weight is 422 g/mol. The van der Waals surface area contributed by atoms with Crippen molar-refractivity contribution in [2.75, 3.05) is 18.7 Å². The van der Waals surface area contributed by atoms with Gasteiger partial charge in [-0.25, -0.2) is 9.80 Å². The van der Waals surface area contributed by atoms with E-state index >= 15 is 0 Å². The molecule has 1 aromatic carbocycles. The third-order valence-corrected chi connectivity index (χ3v) is 7.40. The van der Waals surface area contributed by atoms with E-state index in [2.05, 4.69) is 5.10 Å². The molecule has 1 spiro atoms. The number of anilines is 1. The molecule has 0 aliphatic carbocycles. The molecule has 0 amide bonds. The van der Waals surface area contributed by atoms with E-state index in [4.69, 9.17) is 4.74 Å². The zero-order chi connectivity index (χ0) is 20.6. The Balaban J connectivity index is 2.03. The summed E-state index contributed by atoms with van der Waals surface area (Å²) in [6, 6.07) is 5.89. The zero-order valence-electron chi connectivity index (χ0n) is 15.7. The Morgan fingerprint density at radius 2 is 1.93 bits per heavy atom. The number of hydrogen-bond donors (Lipinski definition) is 0. The number of thioether (sulfide) groups is 2. The van der Waals surface area contributed by atoms with Crippen LogP contribution in [0.3, 0.4) is 0 Å². The topological polar surface area (TPSA) is 105 Å². The summed E-state index contributed by atoms with van der Waals surface area (Å²) < 4.78 is 4.21. The molecule has 0 bridgehead atoms. The van der Waals surface area contributed by atoms with E-state index in [0.717, 1.165) is 0 Å². The maximum Gasteiger partial charge on any atom is 0.346 e. The van der Waals surface area contributed by atoms with Crippen LogP contribution in [0.15, 0.2) is 40.0 Å². The van der Waals surface area contributed by atoms with Gasteiger partial charge >= 0.3 is 5.97 Å². The van der Waals surface area contributed by atoms with Crippen molar-refractivity contribution < 1.29 is 19.2 Å². The first kappa shape index (κ1) is 20.2. The Hall–Kier alpha value is -2.53. The Kier molecular flexibility index (Phi) is 5.39. The van der Waals surface area contributed by atoms with Gasteiger partial charge in [-0.1, -0.05) is 11.8 Å². The molecule has 0 radical (unpaired) electrons. The fourth-order valence-electron chi connectivity index (χ4n) is 2.72. The van der Waals surface area contributed by atoms with E-state index in [1.165, 1.54) is 42.6 Å². The summed E-state index contributed by atoms with van der Waals surface area (Å²) in [6.07, 6.45) is 0.